The lowest BCUT2D eigenvalue weighted by Crippen LogP contribution is -2.63. The van der Waals surface area contributed by atoms with Crippen LogP contribution in [0.5, 0.6) is 0 Å². The lowest BCUT2D eigenvalue weighted by atomic mass is 9.64. The zero-order valence-corrected chi connectivity index (χ0v) is 10.6. The molecule has 94 valence electrons. The summed E-state index contributed by atoms with van der Waals surface area (Å²) >= 11 is 0. The lowest BCUT2D eigenvalue weighted by Gasteiger charge is -2.52. The van der Waals surface area contributed by atoms with E-state index in [9.17, 15) is 5.11 Å². The average molecular weight is 226 g/mol. The summed E-state index contributed by atoms with van der Waals surface area (Å²) in [5, 5.41) is 13.5. The van der Waals surface area contributed by atoms with Gasteiger partial charge < -0.3 is 16.2 Å². The Morgan fingerprint density at radius 3 is 2.56 bits per heavy atom. The van der Waals surface area contributed by atoms with Crippen LogP contribution in [-0.4, -0.2) is 29.8 Å². The first kappa shape index (κ1) is 12.3. The smallest absolute Gasteiger partial charge is 0.0621 e. The van der Waals surface area contributed by atoms with Crippen LogP contribution in [0.15, 0.2) is 0 Å². The van der Waals surface area contributed by atoms with Crippen molar-refractivity contribution in [3.05, 3.63) is 0 Å². The van der Waals surface area contributed by atoms with Gasteiger partial charge in [0.05, 0.1) is 6.10 Å². The van der Waals surface area contributed by atoms with E-state index >= 15 is 0 Å². The predicted molar refractivity (Wildman–Crippen MR) is 66.1 cm³/mol. The molecular formula is C13H26N2O. The lowest BCUT2D eigenvalue weighted by molar-refractivity contribution is -0.0791. The molecule has 0 amide bonds. The molecule has 0 aromatic carbocycles. The van der Waals surface area contributed by atoms with Gasteiger partial charge in [0.2, 0.25) is 0 Å². The molecule has 2 aliphatic carbocycles. The topological polar surface area (TPSA) is 58.3 Å². The Bertz CT molecular complexity index is 242. The Labute approximate surface area is 98.8 Å². The van der Waals surface area contributed by atoms with E-state index in [4.69, 9.17) is 5.73 Å². The van der Waals surface area contributed by atoms with E-state index in [0.29, 0.717) is 18.0 Å². The summed E-state index contributed by atoms with van der Waals surface area (Å²) in [4.78, 5) is 0. The third kappa shape index (κ3) is 2.13. The van der Waals surface area contributed by atoms with Crippen molar-refractivity contribution in [1.82, 2.24) is 5.32 Å². The Morgan fingerprint density at radius 2 is 2.00 bits per heavy atom. The number of hydrogen-bond donors (Lipinski definition) is 3. The van der Waals surface area contributed by atoms with Crippen molar-refractivity contribution < 1.29 is 5.11 Å². The Hall–Kier alpha value is -0.120. The first-order valence-corrected chi connectivity index (χ1v) is 6.70. The molecular weight excluding hydrogens is 200 g/mol. The second-order valence-electron chi connectivity index (χ2n) is 6.18. The maximum absolute atomic E-state index is 9.73. The second kappa shape index (κ2) is 4.63. The summed E-state index contributed by atoms with van der Waals surface area (Å²) in [5.74, 6) is 0.641. The highest BCUT2D eigenvalue weighted by atomic mass is 16.3. The highest BCUT2D eigenvalue weighted by molar-refractivity contribution is 5.03. The zero-order valence-electron chi connectivity index (χ0n) is 10.6. The third-order valence-corrected chi connectivity index (χ3v) is 4.84. The number of aliphatic hydroxyl groups excluding tert-OH is 1. The van der Waals surface area contributed by atoms with Crippen molar-refractivity contribution in [1.29, 1.82) is 0 Å². The van der Waals surface area contributed by atoms with Crippen LogP contribution in [0.25, 0.3) is 0 Å². The minimum atomic E-state index is -0.134. The molecule has 0 aliphatic heterocycles. The van der Waals surface area contributed by atoms with E-state index in [1.54, 1.807) is 0 Å². The number of aliphatic hydroxyl groups is 1. The molecule has 0 bridgehead atoms. The summed E-state index contributed by atoms with van der Waals surface area (Å²) < 4.78 is 0. The van der Waals surface area contributed by atoms with Gasteiger partial charge in [-0.25, -0.2) is 0 Å². The molecule has 4 unspecified atom stereocenters. The van der Waals surface area contributed by atoms with E-state index in [2.05, 4.69) is 19.2 Å². The molecule has 2 rings (SSSR count). The van der Waals surface area contributed by atoms with Crippen molar-refractivity contribution in [2.75, 3.05) is 6.54 Å². The summed E-state index contributed by atoms with van der Waals surface area (Å²) in [7, 11) is 0. The van der Waals surface area contributed by atoms with E-state index in [1.807, 2.05) is 0 Å². The molecule has 2 fully saturated rings. The Morgan fingerprint density at radius 1 is 1.31 bits per heavy atom. The van der Waals surface area contributed by atoms with Gasteiger partial charge in [-0.05, 0) is 31.7 Å². The molecule has 4 N–H and O–H groups in total. The van der Waals surface area contributed by atoms with Gasteiger partial charge in [-0.15, -0.1) is 0 Å². The van der Waals surface area contributed by atoms with Crippen LogP contribution in [-0.2, 0) is 0 Å². The van der Waals surface area contributed by atoms with Gasteiger partial charge in [0.25, 0.3) is 0 Å². The van der Waals surface area contributed by atoms with Crippen LogP contribution in [0, 0.1) is 11.3 Å². The molecule has 0 heterocycles. The standard InChI is InChI=1S/C13H26N2O/c1-13(2)11(7-12(13)16)15-10-6-4-3-5-9(10)8-14/h9-12,15-16H,3-8,14H2,1-2H3. The van der Waals surface area contributed by atoms with Crippen molar-refractivity contribution in [2.45, 2.75) is 64.1 Å². The number of nitrogens with two attached hydrogens (primary N) is 1. The molecule has 0 spiro atoms. The van der Waals surface area contributed by atoms with E-state index in [-0.39, 0.29) is 11.5 Å². The first-order chi connectivity index (χ1) is 7.55. The van der Waals surface area contributed by atoms with Gasteiger partial charge in [0.1, 0.15) is 0 Å². The molecule has 2 aliphatic rings. The van der Waals surface area contributed by atoms with Crippen molar-refractivity contribution >= 4 is 0 Å². The average Bonchev–Trinajstić information content (AvgIpc) is 2.29. The molecule has 0 radical (unpaired) electrons. The molecule has 0 aromatic heterocycles. The number of rotatable bonds is 3. The molecule has 16 heavy (non-hydrogen) atoms. The normalized spacial score (nSPS) is 42.8. The summed E-state index contributed by atoms with van der Waals surface area (Å²) in [6, 6.07) is 1.05. The van der Waals surface area contributed by atoms with Crippen LogP contribution in [0.4, 0.5) is 0 Å². The summed E-state index contributed by atoms with van der Waals surface area (Å²) in [6.07, 6.45) is 5.94. The van der Waals surface area contributed by atoms with Gasteiger partial charge in [0, 0.05) is 17.5 Å². The molecule has 2 saturated carbocycles. The van der Waals surface area contributed by atoms with E-state index < -0.39 is 0 Å². The second-order valence-corrected chi connectivity index (χ2v) is 6.18. The van der Waals surface area contributed by atoms with Crippen LogP contribution in [0.1, 0.15) is 46.0 Å². The van der Waals surface area contributed by atoms with Gasteiger partial charge >= 0.3 is 0 Å². The fourth-order valence-electron chi connectivity index (χ4n) is 3.15. The van der Waals surface area contributed by atoms with Crippen molar-refractivity contribution in [3.8, 4) is 0 Å². The van der Waals surface area contributed by atoms with Crippen molar-refractivity contribution in [3.63, 3.8) is 0 Å². The fourth-order valence-corrected chi connectivity index (χ4v) is 3.15. The van der Waals surface area contributed by atoms with E-state index in [0.717, 1.165) is 13.0 Å². The van der Waals surface area contributed by atoms with Crippen LogP contribution in [0.2, 0.25) is 0 Å². The summed E-state index contributed by atoms with van der Waals surface area (Å²) in [5.41, 5.74) is 5.87. The molecule has 4 atom stereocenters. The Kier molecular flexibility index (Phi) is 3.57. The highest BCUT2D eigenvalue weighted by Crippen LogP contribution is 2.41. The first-order valence-electron chi connectivity index (χ1n) is 6.70. The van der Waals surface area contributed by atoms with Gasteiger partial charge in [-0.1, -0.05) is 26.7 Å². The summed E-state index contributed by atoms with van der Waals surface area (Å²) in [6.45, 7) is 5.10. The molecule has 3 nitrogen and oxygen atoms in total. The predicted octanol–water partition coefficient (Wildman–Crippen LogP) is 1.25. The van der Waals surface area contributed by atoms with Crippen LogP contribution in [0.3, 0.4) is 0 Å². The highest BCUT2D eigenvalue weighted by Gasteiger charge is 2.48. The molecule has 3 heteroatoms. The van der Waals surface area contributed by atoms with Crippen LogP contribution >= 0.6 is 0 Å². The fraction of sp³-hybridized carbons (Fsp3) is 1.00. The minimum absolute atomic E-state index is 0.0383. The quantitative estimate of drug-likeness (QED) is 0.679. The van der Waals surface area contributed by atoms with E-state index in [1.165, 1.54) is 25.7 Å². The SMILES string of the molecule is CC1(C)C(O)CC1NC1CCCCC1CN. The zero-order chi connectivity index (χ0) is 11.8. The van der Waals surface area contributed by atoms with Crippen LogP contribution < -0.4 is 11.1 Å². The Balaban J connectivity index is 1.89. The third-order valence-electron chi connectivity index (χ3n) is 4.84. The minimum Gasteiger partial charge on any atom is -0.392 e. The maximum Gasteiger partial charge on any atom is 0.0621 e. The van der Waals surface area contributed by atoms with Gasteiger partial charge in [-0.2, -0.15) is 0 Å². The van der Waals surface area contributed by atoms with Gasteiger partial charge in [0.15, 0.2) is 0 Å². The number of hydrogen-bond acceptors (Lipinski definition) is 3. The molecule has 0 aromatic rings. The van der Waals surface area contributed by atoms with Gasteiger partial charge in [-0.3, -0.25) is 0 Å². The molecule has 0 saturated heterocycles. The largest absolute Gasteiger partial charge is 0.392 e. The van der Waals surface area contributed by atoms with Crippen molar-refractivity contribution in [2.24, 2.45) is 17.1 Å². The maximum atomic E-state index is 9.73. The number of nitrogens with one attached hydrogen (secondary N) is 1. The monoisotopic (exact) mass is 226 g/mol.